The van der Waals surface area contributed by atoms with Crippen LogP contribution in [0.1, 0.15) is 25.3 Å². The van der Waals surface area contributed by atoms with Crippen LogP contribution in [0.5, 0.6) is 0 Å². The Kier molecular flexibility index (Phi) is 4.90. The van der Waals surface area contributed by atoms with Gasteiger partial charge in [-0.15, -0.1) is 0 Å². The average molecular weight is 299 g/mol. The summed E-state index contributed by atoms with van der Waals surface area (Å²) >= 11 is 0. The van der Waals surface area contributed by atoms with Crippen LogP contribution in [0.3, 0.4) is 0 Å². The Morgan fingerprint density at radius 3 is 2.68 bits per heavy atom. The van der Waals surface area contributed by atoms with Crippen LogP contribution >= 0.6 is 0 Å². The fraction of sp³-hybridized carbons (Fsp3) is 0.500. The molecule has 118 valence electrons. The maximum atomic E-state index is 10.4. The number of rotatable bonds is 8. The first kappa shape index (κ1) is 15.3. The quantitative estimate of drug-likeness (QED) is 0.814. The van der Waals surface area contributed by atoms with Crippen LogP contribution in [0.15, 0.2) is 48.8 Å². The van der Waals surface area contributed by atoms with Gasteiger partial charge in [0.2, 0.25) is 0 Å². The van der Waals surface area contributed by atoms with Crippen molar-refractivity contribution in [3.63, 3.8) is 0 Å². The van der Waals surface area contributed by atoms with Gasteiger partial charge in [0.1, 0.15) is 0 Å². The lowest BCUT2D eigenvalue weighted by molar-refractivity contribution is 0.0667. The molecule has 2 aromatic rings. The van der Waals surface area contributed by atoms with Gasteiger partial charge in [-0.1, -0.05) is 30.3 Å². The van der Waals surface area contributed by atoms with Gasteiger partial charge in [0.15, 0.2) is 0 Å². The summed E-state index contributed by atoms with van der Waals surface area (Å²) in [5, 5.41) is 14.6. The molecule has 1 saturated carbocycles. The summed E-state index contributed by atoms with van der Waals surface area (Å²) in [4.78, 5) is 2.42. The largest absolute Gasteiger partial charge is 0.390 e. The molecular formula is C18H25N3O. The van der Waals surface area contributed by atoms with Crippen molar-refractivity contribution in [2.45, 2.75) is 45.0 Å². The van der Waals surface area contributed by atoms with Gasteiger partial charge in [0.05, 0.1) is 12.6 Å². The van der Waals surface area contributed by atoms with Gasteiger partial charge in [-0.3, -0.25) is 9.58 Å². The van der Waals surface area contributed by atoms with Gasteiger partial charge >= 0.3 is 0 Å². The lowest BCUT2D eigenvalue weighted by Gasteiger charge is -2.31. The van der Waals surface area contributed by atoms with Crippen molar-refractivity contribution >= 4 is 0 Å². The van der Waals surface area contributed by atoms with Crippen molar-refractivity contribution in [1.29, 1.82) is 0 Å². The molecule has 1 aliphatic carbocycles. The molecule has 1 aromatic carbocycles. The topological polar surface area (TPSA) is 41.3 Å². The van der Waals surface area contributed by atoms with E-state index in [0.29, 0.717) is 19.1 Å². The Morgan fingerprint density at radius 1 is 1.27 bits per heavy atom. The minimum Gasteiger partial charge on any atom is -0.390 e. The molecule has 0 aliphatic heterocycles. The molecule has 4 heteroatoms. The van der Waals surface area contributed by atoms with Gasteiger partial charge < -0.3 is 5.11 Å². The fourth-order valence-corrected chi connectivity index (χ4v) is 3.02. The number of hydrogen-bond donors (Lipinski definition) is 1. The summed E-state index contributed by atoms with van der Waals surface area (Å²) < 4.78 is 1.80. The van der Waals surface area contributed by atoms with Gasteiger partial charge in [-0.05, 0) is 37.3 Å². The van der Waals surface area contributed by atoms with Crippen LogP contribution in [0.4, 0.5) is 0 Å². The van der Waals surface area contributed by atoms with Gasteiger partial charge in [0.25, 0.3) is 0 Å². The Bertz CT molecular complexity index is 551. The Balaban J connectivity index is 1.62. The lowest BCUT2D eigenvalue weighted by atomic mass is 10.1. The molecule has 3 rings (SSSR count). The molecule has 22 heavy (non-hydrogen) atoms. The maximum absolute atomic E-state index is 10.4. The molecule has 1 N–H and O–H groups in total. The van der Waals surface area contributed by atoms with Crippen molar-refractivity contribution in [2.75, 3.05) is 6.54 Å². The summed E-state index contributed by atoms with van der Waals surface area (Å²) in [6.45, 7) is 4.43. The molecular weight excluding hydrogens is 274 g/mol. The van der Waals surface area contributed by atoms with E-state index in [9.17, 15) is 5.11 Å². The van der Waals surface area contributed by atoms with Crippen molar-refractivity contribution in [3.05, 3.63) is 54.4 Å². The second-order valence-electron chi connectivity index (χ2n) is 6.38. The SMILES string of the molecule is C[C@@H](C1CC1)N(Cc1ccccc1)C[C@H](O)Cn1cccn1. The third-order valence-electron chi connectivity index (χ3n) is 4.51. The van der Waals surface area contributed by atoms with Crippen LogP contribution < -0.4 is 0 Å². The molecule has 4 nitrogen and oxygen atoms in total. The van der Waals surface area contributed by atoms with Crippen LogP contribution in [0.25, 0.3) is 0 Å². The van der Waals surface area contributed by atoms with E-state index in [1.807, 2.05) is 18.3 Å². The van der Waals surface area contributed by atoms with Crippen molar-refractivity contribution in [1.82, 2.24) is 14.7 Å². The number of aliphatic hydroxyl groups is 1. The maximum Gasteiger partial charge on any atom is 0.0862 e. The van der Waals surface area contributed by atoms with E-state index in [2.05, 4.69) is 41.2 Å². The second kappa shape index (κ2) is 7.07. The molecule has 1 heterocycles. The highest BCUT2D eigenvalue weighted by molar-refractivity contribution is 5.14. The zero-order valence-electron chi connectivity index (χ0n) is 13.2. The normalized spacial score (nSPS) is 17.6. The van der Waals surface area contributed by atoms with Crippen molar-refractivity contribution in [2.24, 2.45) is 5.92 Å². The number of benzene rings is 1. The zero-order chi connectivity index (χ0) is 15.4. The Labute approximate surface area is 132 Å². The van der Waals surface area contributed by atoms with Crippen LogP contribution in [-0.2, 0) is 13.1 Å². The first-order valence-corrected chi connectivity index (χ1v) is 8.16. The van der Waals surface area contributed by atoms with Crippen molar-refractivity contribution in [3.8, 4) is 0 Å². The van der Waals surface area contributed by atoms with Crippen LogP contribution in [-0.4, -0.2) is 38.5 Å². The van der Waals surface area contributed by atoms with E-state index < -0.39 is 6.10 Å². The standard InChI is InChI=1S/C18H25N3O/c1-15(17-8-9-17)20(12-16-6-3-2-4-7-16)13-18(22)14-21-11-5-10-19-21/h2-7,10-11,15,17-18,22H,8-9,12-14H2,1H3/t15-,18-/m0/s1. The summed E-state index contributed by atoms with van der Waals surface area (Å²) in [5.41, 5.74) is 1.31. The number of hydrogen-bond acceptors (Lipinski definition) is 3. The van der Waals surface area contributed by atoms with Gasteiger partial charge in [-0.2, -0.15) is 5.10 Å². The molecule has 0 saturated heterocycles. The highest BCUT2D eigenvalue weighted by atomic mass is 16.3. The van der Waals surface area contributed by atoms with E-state index in [4.69, 9.17) is 0 Å². The van der Waals surface area contributed by atoms with E-state index in [1.165, 1.54) is 18.4 Å². The molecule has 1 aromatic heterocycles. The third-order valence-corrected chi connectivity index (χ3v) is 4.51. The van der Waals surface area contributed by atoms with Crippen molar-refractivity contribution < 1.29 is 5.11 Å². The first-order valence-electron chi connectivity index (χ1n) is 8.16. The van der Waals surface area contributed by atoms with Gasteiger partial charge in [-0.25, -0.2) is 0 Å². The monoisotopic (exact) mass is 299 g/mol. The van der Waals surface area contributed by atoms with E-state index in [1.54, 1.807) is 10.9 Å². The fourth-order valence-electron chi connectivity index (χ4n) is 3.02. The summed E-state index contributed by atoms with van der Waals surface area (Å²) in [5.74, 6) is 0.792. The summed E-state index contributed by atoms with van der Waals surface area (Å²) in [6, 6.07) is 12.9. The molecule has 1 aliphatic rings. The lowest BCUT2D eigenvalue weighted by Crippen LogP contribution is -2.41. The van der Waals surface area contributed by atoms with E-state index in [-0.39, 0.29) is 0 Å². The number of nitrogens with zero attached hydrogens (tertiary/aromatic N) is 3. The van der Waals surface area contributed by atoms with E-state index >= 15 is 0 Å². The number of aliphatic hydroxyl groups excluding tert-OH is 1. The molecule has 0 bridgehead atoms. The highest BCUT2D eigenvalue weighted by Crippen LogP contribution is 2.35. The second-order valence-corrected chi connectivity index (χ2v) is 6.38. The van der Waals surface area contributed by atoms with Gasteiger partial charge in [0, 0.05) is 31.5 Å². The zero-order valence-corrected chi connectivity index (χ0v) is 13.2. The average Bonchev–Trinajstić information content (AvgIpc) is 3.25. The minimum absolute atomic E-state index is 0.398. The van der Waals surface area contributed by atoms with Crippen LogP contribution in [0.2, 0.25) is 0 Å². The Hall–Kier alpha value is -1.65. The predicted molar refractivity (Wildman–Crippen MR) is 87.3 cm³/mol. The molecule has 0 spiro atoms. The summed E-state index contributed by atoms with van der Waals surface area (Å²) in [7, 11) is 0. The highest BCUT2D eigenvalue weighted by Gasteiger charge is 2.32. The van der Waals surface area contributed by atoms with E-state index in [0.717, 1.165) is 12.5 Å². The number of aromatic nitrogens is 2. The molecule has 0 unspecified atom stereocenters. The molecule has 0 amide bonds. The van der Waals surface area contributed by atoms with Crippen LogP contribution in [0, 0.1) is 5.92 Å². The predicted octanol–water partition coefficient (Wildman–Crippen LogP) is 2.54. The molecule has 2 atom stereocenters. The molecule has 0 radical (unpaired) electrons. The summed E-state index contributed by atoms with van der Waals surface area (Å²) in [6.07, 6.45) is 5.89. The first-order chi connectivity index (χ1) is 10.7. The Morgan fingerprint density at radius 2 is 2.05 bits per heavy atom. The minimum atomic E-state index is -0.398. The molecule has 1 fully saturated rings. The smallest absolute Gasteiger partial charge is 0.0862 e. The third kappa shape index (κ3) is 4.18.